The van der Waals surface area contributed by atoms with Crippen molar-refractivity contribution in [1.82, 2.24) is 0 Å². The lowest BCUT2D eigenvalue weighted by Gasteiger charge is -2.27. The third-order valence-electron chi connectivity index (χ3n) is 3.72. The topological polar surface area (TPSA) is 3.24 Å². The smallest absolute Gasteiger partial charge is 0.0832 e. The monoisotopic (exact) mass is 341 g/mol. The standard InChI is InChI=1S/C20H17Cl2N/c1-14-9-11-16(12-10-14)23(17-6-3-5-15(2)13-17)19-8-4-7-18(21)20(19)22/h3-13H,1-2H3. The van der Waals surface area contributed by atoms with Gasteiger partial charge in [0.1, 0.15) is 0 Å². The van der Waals surface area contributed by atoms with Crippen molar-refractivity contribution < 1.29 is 0 Å². The molecule has 0 saturated carbocycles. The Morgan fingerprint density at radius 3 is 2.09 bits per heavy atom. The molecule has 0 radical (unpaired) electrons. The molecule has 3 aromatic rings. The van der Waals surface area contributed by atoms with Crippen molar-refractivity contribution in [3.63, 3.8) is 0 Å². The molecule has 0 N–H and O–H groups in total. The molecule has 3 aromatic carbocycles. The number of nitrogens with zero attached hydrogens (tertiary/aromatic N) is 1. The lowest BCUT2D eigenvalue weighted by molar-refractivity contribution is 1.26. The van der Waals surface area contributed by atoms with Gasteiger partial charge in [0.2, 0.25) is 0 Å². The van der Waals surface area contributed by atoms with E-state index in [2.05, 4.69) is 61.2 Å². The van der Waals surface area contributed by atoms with Gasteiger partial charge in [-0.15, -0.1) is 0 Å². The van der Waals surface area contributed by atoms with E-state index in [1.165, 1.54) is 11.1 Å². The van der Waals surface area contributed by atoms with Crippen LogP contribution in [0.5, 0.6) is 0 Å². The van der Waals surface area contributed by atoms with Gasteiger partial charge < -0.3 is 4.90 Å². The van der Waals surface area contributed by atoms with E-state index in [4.69, 9.17) is 23.2 Å². The molecule has 3 heteroatoms. The molecule has 3 rings (SSSR count). The van der Waals surface area contributed by atoms with Crippen LogP contribution in [0.15, 0.2) is 66.7 Å². The molecule has 0 aromatic heterocycles. The van der Waals surface area contributed by atoms with Crippen LogP contribution in [0.2, 0.25) is 10.0 Å². The molecule has 0 spiro atoms. The molecule has 0 bridgehead atoms. The highest BCUT2D eigenvalue weighted by Crippen LogP contribution is 2.41. The second-order valence-electron chi connectivity index (χ2n) is 5.58. The average molecular weight is 342 g/mol. The summed E-state index contributed by atoms with van der Waals surface area (Å²) in [5, 5.41) is 1.10. The lowest BCUT2D eigenvalue weighted by atomic mass is 10.1. The normalized spacial score (nSPS) is 10.6. The average Bonchev–Trinajstić information content (AvgIpc) is 2.54. The molecule has 0 saturated heterocycles. The molecule has 0 atom stereocenters. The highest BCUT2D eigenvalue weighted by molar-refractivity contribution is 6.43. The molecule has 0 heterocycles. The zero-order chi connectivity index (χ0) is 16.4. The summed E-state index contributed by atoms with van der Waals surface area (Å²) >= 11 is 12.7. The summed E-state index contributed by atoms with van der Waals surface area (Å²) < 4.78 is 0. The summed E-state index contributed by atoms with van der Waals surface area (Å²) in [5.41, 5.74) is 5.38. The van der Waals surface area contributed by atoms with E-state index in [1.54, 1.807) is 6.07 Å². The number of rotatable bonds is 3. The Labute approximate surface area is 147 Å². The lowest BCUT2D eigenvalue weighted by Crippen LogP contribution is -2.10. The van der Waals surface area contributed by atoms with Crippen molar-refractivity contribution in [3.05, 3.63) is 87.9 Å². The Balaban J connectivity index is 2.21. The van der Waals surface area contributed by atoms with Crippen LogP contribution in [0.3, 0.4) is 0 Å². The van der Waals surface area contributed by atoms with Crippen molar-refractivity contribution in [2.75, 3.05) is 4.90 Å². The summed E-state index contributed by atoms with van der Waals surface area (Å²) in [4.78, 5) is 2.13. The zero-order valence-corrected chi connectivity index (χ0v) is 14.6. The fourth-order valence-electron chi connectivity index (χ4n) is 2.55. The van der Waals surface area contributed by atoms with Crippen molar-refractivity contribution in [1.29, 1.82) is 0 Å². The minimum absolute atomic E-state index is 0.550. The van der Waals surface area contributed by atoms with E-state index < -0.39 is 0 Å². The maximum Gasteiger partial charge on any atom is 0.0832 e. The van der Waals surface area contributed by atoms with Crippen molar-refractivity contribution >= 4 is 40.3 Å². The molecule has 116 valence electrons. The van der Waals surface area contributed by atoms with Gasteiger partial charge in [0.15, 0.2) is 0 Å². The second-order valence-corrected chi connectivity index (χ2v) is 6.37. The zero-order valence-electron chi connectivity index (χ0n) is 13.1. The fraction of sp³-hybridized carbons (Fsp3) is 0.100. The molecular weight excluding hydrogens is 325 g/mol. The molecule has 0 unspecified atom stereocenters. The van der Waals surface area contributed by atoms with Gasteiger partial charge in [-0.25, -0.2) is 0 Å². The maximum absolute atomic E-state index is 6.49. The van der Waals surface area contributed by atoms with E-state index in [9.17, 15) is 0 Å². The number of benzene rings is 3. The summed E-state index contributed by atoms with van der Waals surface area (Å²) in [5.74, 6) is 0. The first-order chi connectivity index (χ1) is 11.1. The Kier molecular flexibility index (Phi) is 4.61. The van der Waals surface area contributed by atoms with Crippen LogP contribution in [0.1, 0.15) is 11.1 Å². The van der Waals surface area contributed by atoms with Crippen LogP contribution in [0.4, 0.5) is 17.1 Å². The Morgan fingerprint density at radius 2 is 1.39 bits per heavy atom. The molecule has 23 heavy (non-hydrogen) atoms. The van der Waals surface area contributed by atoms with E-state index in [0.717, 1.165) is 17.1 Å². The number of hydrogen-bond donors (Lipinski definition) is 0. The second kappa shape index (κ2) is 6.66. The minimum Gasteiger partial charge on any atom is -0.309 e. The first-order valence-electron chi connectivity index (χ1n) is 7.44. The van der Waals surface area contributed by atoms with Crippen molar-refractivity contribution in [2.45, 2.75) is 13.8 Å². The molecule has 0 amide bonds. The highest BCUT2D eigenvalue weighted by Gasteiger charge is 2.16. The third kappa shape index (κ3) is 3.36. The molecule has 1 nitrogen and oxygen atoms in total. The molecule has 0 aliphatic carbocycles. The number of aryl methyl sites for hydroxylation is 2. The van der Waals surface area contributed by atoms with Gasteiger partial charge >= 0.3 is 0 Å². The third-order valence-corrected chi connectivity index (χ3v) is 4.53. The van der Waals surface area contributed by atoms with Crippen LogP contribution >= 0.6 is 23.2 Å². The maximum atomic E-state index is 6.49. The first kappa shape index (κ1) is 15.9. The van der Waals surface area contributed by atoms with Crippen LogP contribution < -0.4 is 4.90 Å². The van der Waals surface area contributed by atoms with Crippen molar-refractivity contribution in [2.24, 2.45) is 0 Å². The highest BCUT2D eigenvalue weighted by atomic mass is 35.5. The van der Waals surface area contributed by atoms with Gasteiger partial charge in [-0.3, -0.25) is 0 Å². The SMILES string of the molecule is Cc1ccc(N(c2cccc(C)c2)c2cccc(Cl)c2Cl)cc1. The number of halogens is 2. The number of hydrogen-bond acceptors (Lipinski definition) is 1. The van der Waals surface area contributed by atoms with Crippen LogP contribution in [0, 0.1) is 13.8 Å². The van der Waals surface area contributed by atoms with Gasteiger partial charge in [-0.2, -0.15) is 0 Å². The molecule has 0 aliphatic rings. The Hall–Kier alpha value is -1.96. The van der Waals surface area contributed by atoms with E-state index in [-0.39, 0.29) is 0 Å². The van der Waals surface area contributed by atoms with Gasteiger partial charge in [0.25, 0.3) is 0 Å². The summed E-state index contributed by atoms with van der Waals surface area (Å²) in [6, 6.07) is 22.4. The fourth-order valence-corrected chi connectivity index (χ4v) is 2.93. The predicted molar refractivity (Wildman–Crippen MR) is 101 cm³/mol. The largest absolute Gasteiger partial charge is 0.309 e. The van der Waals surface area contributed by atoms with Gasteiger partial charge in [-0.05, 0) is 55.8 Å². The van der Waals surface area contributed by atoms with Crippen LogP contribution in [-0.4, -0.2) is 0 Å². The Bertz CT molecular complexity index is 825. The van der Waals surface area contributed by atoms with Crippen molar-refractivity contribution in [3.8, 4) is 0 Å². The van der Waals surface area contributed by atoms with Gasteiger partial charge in [0.05, 0.1) is 15.7 Å². The first-order valence-corrected chi connectivity index (χ1v) is 8.19. The minimum atomic E-state index is 0.550. The van der Waals surface area contributed by atoms with E-state index in [1.807, 2.05) is 18.2 Å². The van der Waals surface area contributed by atoms with Crippen LogP contribution in [0.25, 0.3) is 0 Å². The molecular formula is C20H17Cl2N. The summed E-state index contributed by atoms with van der Waals surface area (Å²) in [6.07, 6.45) is 0. The summed E-state index contributed by atoms with van der Waals surface area (Å²) in [7, 11) is 0. The van der Waals surface area contributed by atoms with Gasteiger partial charge in [-0.1, -0.05) is 59.1 Å². The summed E-state index contributed by atoms with van der Waals surface area (Å²) in [6.45, 7) is 4.16. The molecule has 0 aliphatic heterocycles. The van der Waals surface area contributed by atoms with Crippen LogP contribution in [-0.2, 0) is 0 Å². The van der Waals surface area contributed by atoms with E-state index >= 15 is 0 Å². The van der Waals surface area contributed by atoms with E-state index in [0.29, 0.717) is 10.0 Å². The van der Waals surface area contributed by atoms with Gasteiger partial charge in [0, 0.05) is 11.4 Å². The molecule has 0 fully saturated rings. The Morgan fingerprint density at radius 1 is 0.696 bits per heavy atom. The predicted octanol–water partition coefficient (Wildman–Crippen LogP) is 7.08. The quantitative estimate of drug-likeness (QED) is 0.491. The number of anilines is 3.